The van der Waals surface area contributed by atoms with E-state index in [0.717, 1.165) is 0 Å². The summed E-state index contributed by atoms with van der Waals surface area (Å²) in [7, 11) is 0. The Bertz CT molecular complexity index is 922. The number of rotatable bonds is 7. The maximum atomic E-state index is 14.3. The van der Waals surface area contributed by atoms with Crippen LogP contribution in [0, 0.1) is 16.6 Å². The van der Waals surface area contributed by atoms with Crippen molar-refractivity contribution in [1.82, 2.24) is 0 Å². The van der Waals surface area contributed by atoms with E-state index in [1.807, 2.05) is 0 Å². The van der Waals surface area contributed by atoms with Crippen LogP contribution in [0.1, 0.15) is 17.4 Å². The summed E-state index contributed by atoms with van der Waals surface area (Å²) in [5.74, 6) is -1.85. The van der Waals surface area contributed by atoms with Crippen molar-refractivity contribution >= 4 is 34.3 Å². The van der Waals surface area contributed by atoms with Crippen LogP contribution in [0.15, 0.2) is 77.3 Å². The summed E-state index contributed by atoms with van der Waals surface area (Å²) in [5.41, 5.74) is -0.133. The number of hydrogen-bond donors (Lipinski definition) is 2. The monoisotopic (exact) mass is 369 g/mol. The first-order valence-corrected chi connectivity index (χ1v) is 8.57. The topological polar surface area (TPSA) is 60.1 Å². The first kappa shape index (κ1) is 19.3. The summed E-state index contributed by atoms with van der Waals surface area (Å²) in [6, 6.07) is 9.24. The van der Waals surface area contributed by atoms with E-state index in [2.05, 4.69) is 11.6 Å². The Morgan fingerprint density at radius 3 is 2.46 bits per heavy atom. The van der Waals surface area contributed by atoms with Gasteiger partial charge in [0.05, 0.1) is 17.0 Å². The molecule has 0 aliphatic rings. The largest absolute Gasteiger partial charge is 0.299 e. The molecule has 0 aliphatic heterocycles. The molecule has 3 nitrogen and oxygen atoms in total. The third-order valence-corrected chi connectivity index (χ3v) is 4.33. The fourth-order valence-corrected chi connectivity index (χ4v) is 3.17. The zero-order valence-electron chi connectivity index (χ0n) is 14.1. The molecule has 0 atom stereocenters. The van der Waals surface area contributed by atoms with Gasteiger partial charge in [-0.25, -0.2) is 4.39 Å². The molecule has 1 heterocycles. The normalized spacial score (nSPS) is 12.8. The van der Waals surface area contributed by atoms with E-state index in [-0.39, 0.29) is 28.1 Å². The molecule has 1 aromatic heterocycles. The van der Waals surface area contributed by atoms with Crippen molar-refractivity contribution < 1.29 is 8.78 Å². The van der Waals surface area contributed by atoms with Crippen LogP contribution in [0.4, 0.5) is 8.78 Å². The van der Waals surface area contributed by atoms with Gasteiger partial charge < -0.3 is 0 Å². The van der Waals surface area contributed by atoms with E-state index in [1.54, 1.807) is 36.6 Å². The molecule has 2 N–H and O–H groups in total. The van der Waals surface area contributed by atoms with Crippen LogP contribution >= 0.6 is 11.3 Å². The predicted molar refractivity (Wildman–Crippen MR) is 106 cm³/mol. The average Bonchev–Trinajstić information content (AvgIpc) is 3.13. The van der Waals surface area contributed by atoms with Crippen LogP contribution in [0.5, 0.6) is 0 Å². The molecule has 0 bridgehead atoms. The number of thiophene rings is 1. The number of nitrogens with zero attached hydrogens (tertiary/aromatic N) is 1. The second-order valence-electron chi connectivity index (χ2n) is 5.09. The highest BCUT2D eigenvalue weighted by Gasteiger charge is 2.24. The third kappa shape index (κ3) is 4.15. The number of aliphatic imine (C=N–C) groups is 1. The second-order valence-corrected chi connectivity index (χ2v) is 6.04. The summed E-state index contributed by atoms with van der Waals surface area (Å²) in [6.07, 6.45) is 4.40. The molecule has 0 saturated heterocycles. The van der Waals surface area contributed by atoms with Crippen molar-refractivity contribution in [2.75, 3.05) is 0 Å². The van der Waals surface area contributed by atoms with Gasteiger partial charge in [-0.15, -0.1) is 11.3 Å². The van der Waals surface area contributed by atoms with Crippen molar-refractivity contribution in [3.8, 4) is 0 Å². The highest BCUT2D eigenvalue weighted by Crippen LogP contribution is 2.30. The van der Waals surface area contributed by atoms with Crippen molar-refractivity contribution in [3.05, 3.63) is 88.5 Å². The molecule has 6 heteroatoms. The smallest absolute Gasteiger partial charge is 0.215 e. The molecule has 0 fully saturated rings. The SMILES string of the molecule is C=CN=C(/C=C\C)/C(C(=N)F)=C(/C(=N)c1ccccc1F)c1cccs1. The number of halogens is 2. The van der Waals surface area contributed by atoms with Gasteiger partial charge in [-0.1, -0.05) is 30.9 Å². The molecule has 0 amide bonds. The van der Waals surface area contributed by atoms with Gasteiger partial charge in [0.15, 0.2) is 0 Å². The number of benzene rings is 1. The summed E-state index contributed by atoms with van der Waals surface area (Å²) in [5, 5.41) is 17.9. The molecule has 2 rings (SSSR count). The maximum absolute atomic E-state index is 14.3. The maximum Gasteiger partial charge on any atom is 0.215 e. The van der Waals surface area contributed by atoms with Crippen LogP contribution < -0.4 is 0 Å². The summed E-state index contributed by atoms with van der Waals surface area (Å²) < 4.78 is 28.5. The van der Waals surface area contributed by atoms with E-state index in [1.165, 1.54) is 41.8 Å². The second kappa shape index (κ2) is 8.92. The van der Waals surface area contributed by atoms with Crippen LogP contribution in [-0.2, 0) is 0 Å². The molecular formula is C20H17F2N3S. The Kier molecular flexibility index (Phi) is 6.63. The fourth-order valence-electron chi connectivity index (χ4n) is 2.39. The number of nitrogens with one attached hydrogen (secondary N) is 2. The third-order valence-electron chi connectivity index (χ3n) is 3.44. The lowest BCUT2D eigenvalue weighted by Gasteiger charge is -2.14. The number of hydrogen-bond acceptors (Lipinski definition) is 4. The Hall–Kier alpha value is -2.99. The minimum Gasteiger partial charge on any atom is -0.299 e. The van der Waals surface area contributed by atoms with Gasteiger partial charge in [0.1, 0.15) is 5.82 Å². The molecule has 0 aliphatic carbocycles. The van der Waals surface area contributed by atoms with Crippen LogP contribution in [0.3, 0.4) is 0 Å². The van der Waals surface area contributed by atoms with Gasteiger partial charge >= 0.3 is 0 Å². The van der Waals surface area contributed by atoms with Crippen molar-refractivity contribution in [2.45, 2.75) is 6.92 Å². The van der Waals surface area contributed by atoms with Gasteiger partial charge in [-0.3, -0.25) is 15.8 Å². The molecule has 1 aromatic carbocycles. The lowest BCUT2D eigenvalue weighted by atomic mass is 9.93. The molecule has 132 valence electrons. The quantitative estimate of drug-likeness (QED) is 0.578. The lowest BCUT2D eigenvalue weighted by Crippen LogP contribution is -2.15. The van der Waals surface area contributed by atoms with Crippen molar-refractivity contribution in [1.29, 1.82) is 10.8 Å². The molecule has 0 unspecified atom stereocenters. The summed E-state index contributed by atoms with van der Waals surface area (Å²) in [6.45, 7) is 5.24. The first-order valence-electron chi connectivity index (χ1n) is 7.69. The highest BCUT2D eigenvalue weighted by molar-refractivity contribution is 7.11. The van der Waals surface area contributed by atoms with Gasteiger partial charge in [0, 0.05) is 22.2 Å². The van der Waals surface area contributed by atoms with Gasteiger partial charge in [0.2, 0.25) is 5.97 Å². The highest BCUT2D eigenvalue weighted by atomic mass is 32.1. The Labute approximate surface area is 154 Å². The van der Waals surface area contributed by atoms with Gasteiger partial charge in [0.25, 0.3) is 0 Å². The molecule has 2 aromatic rings. The van der Waals surface area contributed by atoms with E-state index < -0.39 is 11.8 Å². The van der Waals surface area contributed by atoms with Gasteiger partial charge in [-0.05, 0) is 36.6 Å². The van der Waals surface area contributed by atoms with E-state index in [4.69, 9.17) is 10.8 Å². The zero-order valence-corrected chi connectivity index (χ0v) is 14.9. The molecule has 0 saturated carbocycles. The minimum atomic E-state index is -1.26. The Morgan fingerprint density at radius 1 is 1.19 bits per heavy atom. The average molecular weight is 369 g/mol. The Balaban J connectivity index is 2.85. The zero-order chi connectivity index (χ0) is 19.1. The van der Waals surface area contributed by atoms with Crippen molar-refractivity contribution in [2.24, 2.45) is 4.99 Å². The summed E-state index contributed by atoms with van der Waals surface area (Å²) >= 11 is 1.27. The lowest BCUT2D eigenvalue weighted by molar-refractivity contribution is 0.625. The molecule has 0 radical (unpaired) electrons. The standard InChI is InChI=1S/C20H17F2N3S/c1-3-8-15(25-4-2)17(20(22)24)18(16-11-7-12-26-16)19(23)13-9-5-6-10-14(13)21/h3-12,23-24H,2H2,1H3/b8-3-,18-17-,23-19?,24-20?,25-15?. The first-order chi connectivity index (χ1) is 12.5. The van der Waals surface area contributed by atoms with Crippen LogP contribution in [0.25, 0.3) is 5.57 Å². The van der Waals surface area contributed by atoms with Crippen LogP contribution in [-0.4, -0.2) is 17.4 Å². The van der Waals surface area contributed by atoms with E-state index in [9.17, 15) is 8.78 Å². The Morgan fingerprint density at radius 2 is 1.92 bits per heavy atom. The fraction of sp³-hybridized carbons (Fsp3) is 0.0500. The number of allylic oxidation sites excluding steroid dienone is 4. The van der Waals surface area contributed by atoms with Gasteiger partial charge in [-0.2, -0.15) is 4.39 Å². The molecule has 26 heavy (non-hydrogen) atoms. The summed E-state index contributed by atoms with van der Waals surface area (Å²) in [4.78, 5) is 4.57. The van der Waals surface area contributed by atoms with Crippen LogP contribution in [0.2, 0.25) is 0 Å². The molecule has 0 spiro atoms. The minimum absolute atomic E-state index is 0.0214. The molecular weight excluding hydrogens is 352 g/mol. The van der Waals surface area contributed by atoms with E-state index >= 15 is 0 Å². The predicted octanol–water partition coefficient (Wildman–Crippen LogP) is 5.82. The van der Waals surface area contributed by atoms with Crippen molar-refractivity contribution in [3.63, 3.8) is 0 Å². The van der Waals surface area contributed by atoms with E-state index in [0.29, 0.717) is 4.88 Å².